The summed E-state index contributed by atoms with van der Waals surface area (Å²) in [7, 11) is -4.02. The van der Waals surface area contributed by atoms with Crippen molar-refractivity contribution in [3.05, 3.63) is 63.6 Å². The standard InChI is InChI=1S/C15H14Cl2N4O3S/c1-10-2-5-12(6-3-10)25(22,23)24-21-15(18)20-19-9-11-4-7-13(16)14(17)8-11/h2-9H,1H3,(H3,18,20,21). The van der Waals surface area contributed by atoms with Gasteiger partial charge in [0.2, 0.25) is 5.96 Å². The molecule has 0 bridgehead atoms. The van der Waals surface area contributed by atoms with Crippen molar-refractivity contribution in [2.45, 2.75) is 11.8 Å². The van der Waals surface area contributed by atoms with Crippen molar-refractivity contribution in [2.24, 2.45) is 15.9 Å². The lowest BCUT2D eigenvalue weighted by atomic mass is 10.2. The van der Waals surface area contributed by atoms with Crippen LogP contribution >= 0.6 is 23.2 Å². The number of guanidine groups is 1. The number of nitrogens with zero attached hydrogens (tertiary/aromatic N) is 2. The Labute approximate surface area is 155 Å². The number of nitrogens with one attached hydrogen (secondary N) is 1. The van der Waals surface area contributed by atoms with Crippen LogP contribution in [0.5, 0.6) is 0 Å². The molecule has 0 heterocycles. The van der Waals surface area contributed by atoms with Crippen molar-refractivity contribution in [3.8, 4) is 0 Å². The van der Waals surface area contributed by atoms with Crippen molar-refractivity contribution in [1.29, 1.82) is 0 Å². The van der Waals surface area contributed by atoms with Crippen molar-refractivity contribution < 1.29 is 12.7 Å². The fraction of sp³-hybridized carbons (Fsp3) is 0.0667. The van der Waals surface area contributed by atoms with Gasteiger partial charge in [-0.1, -0.05) is 47.0 Å². The molecular formula is C15H14Cl2N4O3S. The zero-order chi connectivity index (χ0) is 18.4. The van der Waals surface area contributed by atoms with Gasteiger partial charge in [0.25, 0.3) is 0 Å². The minimum absolute atomic E-state index is 0.0160. The first kappa shape index (κ1) is 19.2. The molecule has 0 aliphatic rings. The highest BCUT2D eigenvalue weighted by molar-refractivity contribution is 7.86. The Morgan fingerprint density at radius 2 is 1.84 bits per heavy atom. The van der Waals surface area contributed by atoms with Crippen LogP contribution < -0.4 is 11.2 Å². The summed E-state index contributed by atoms with van der Waals surface area (Å²) in [5.74, 6) is -0.341. The van der Waals surface area contributed by atoms with Gasteiger partial charge in [0.15, 0.2) is 0 Å². The number of hydrogen-bond acceptors (Lipinski definition) is 5. The van der Waals surface area contributed by atoms with Gasteiger partial charge in [-0.3, -0.25) is 0 Å². The highest BCUT2D eigenvalue weighted by Crippen LogP contribution is 2.21. The number of nitrogens with two attached hydrogens (primary N) is 1. The molecule has 25 heavy (non-hydrogen) atoms. The Kier molecular flexibility index (Phi) is 6.38. The molecule has 0 atom stereocenters. The Hall–Kier alpha value is -2.13. The highest BCUT2D eigenvalue weighted by atomic mass is 35.5. The summed E-state index contributed by atoms with van der Waals surface area (Å²) in [5.41, 5.74) is 9.07. The van der Waals surface area contributed by atoms with E-state index < -0.39 is 10.1 Å². The molecule has 3 N–H and O–H groups in total. The minimum atomic E-state index is -4.02. The fourth-order valence-electron chi connectivity index (χ4n) is 1.62. The molecule has 132 valence electrons. The predicted molar refractivity (Wildman–Crippen MR) is 98.3 cm³/mol. The molecule has 0 fully saturated rings. The average Bonchev–Trinajstić information content (AvgIpc) is 2.57. The number of halogens is 2. The van der Waals surface area contributed by atoms with Crippen LogP contribution in [0.2, 0.25) is 10.0 Å². The van der Waals surface area contributed by atoms with Gasteiger partial charge in [-0.25, -0.2) is 5.48 Å². The summed E-state index contributed by atoms with van der Waals surface area (Å²) in [6, 6.07) is 11.0. The molecule has 0 unspecified atom stereocenters. The Balaban J connectivity index is 1.97. The Morgan fingerprint density at radius 1 is 1.16 bits per heavy atom. The van der Waals surface area contributed by atoms with Crippen LogP contribution in [0.15, 0.2) is 57.6 Å². The molecule has 7 nitrogen and oxygen atoms in total. The topological polar surface area (TPSA) is 106 Å². The van der Waals surface area contributed by atoms with E-state index in [1.54, 1.807) is 30.3 Å². The van der Waals surface area contributed by atoms with E-state index >= 15 is 0 Å². The van der Waals surface area contributed by atoms with Crippen molar-refractivity contribution in [2.75, 3.05) is 0 Å². The van der Waals surface area contributed by atoms with Gasteiger partial charge >= 0.3 is 10.1 Å². The van der Waals surface area contributed by atoms with E-state index in [0.29, 0.717) is 15.6 Å². The van der Waals surface area contributed by atoms with Crippen molar-refractivity contribution in [1.82, 2.24) is 5.48 Å². The van der Waals surface area contributed by atoms with Crippen LogP contribution in [-0.4, -0.2) is 20.6 Å². The fourth-order valence-corrected chi connectivity index (χ4v) is 2.69. The molecular weight excluding hydrogens is 387 g/mol. The summed E-state index contributed by atoms with van der Waals surface area (Å²) < 4.78 is 28.5. The first-order chi connectivity index (χ1) is 11.8. The third-order valence-electron chi connectivity index (χ3n) is 2.88. The SMILES string of the molecule is Cc1ccc(S(=O)(=O)ONC(N)=NN=Cc2ccc(Cl)c(Cl)c2)cc1. The summed E-state index contributed by atoms with van der Waals surface area (Å²) >= 11 is 11.7. The van der Waals surface area contributed by atoms with Gasteiger partial charge in [0, 0.05) is 0 Å². The number of hydrogen-bond donors (Lipinski definition) is 2. The second-order valence-electron chi connectivity index (χ2n) is 4.86. The number of aryl methyl sites for hydroxylation is 1. The van der Waals surface area contributed by atoms with E-state index in [9.17, 15) is 8.42 Å². The van der Waals surface area contributed by atoms with E-state index in [2.05, 4.69) is 14.5 Å². The van der Waals surface area contributed by atoms with Crippen molar-refractivity contribution in [3.63, 3.8) is 0 Å². The smallest absolute Gasteiger partial charge is 0.317 e. The molecule has 10 heteroatoms. The Bertz CT molecular complexity index is 913. The lowest BCUT2D eigenvalue weighted by molar-refractivity contribution is 0.266. The normalized spacial score (nSPS) is 12.5. The largest absolute Gasteiger partial charge is 0.367 e. The lowest BCUT2D eigenvalue weighted by Gasteiger charge is -2.06. The van der Waals surface area contributed by atoms with Crippen molar-refractivity contribution >= 4 is 45.5 Å². The second kappa shape index (κ2) is 8.30. The zero-order valence-electron chi connectivity index (χ0n) is 13.0. The summed E-state index contributed by atoms with van der Waals surface area (Å²) in [6.07, 6.45) is 1.37. The highest BCUT2D eigenvalue weighted by Gasteiger charge is 2.15. The van der Waals surface area contributed by atoms with Crippen LogP contribution in [0.25, 0.3) is 0 Å². The lowest BCUT2D eigenvalue weighted by Crippen LogP contribution is -2.33. The molecule has 0 saturated heterocycles. The molecule has 0 aliphatic carbocycles. The summed E-state index contributed by atoms with van der Waals surface area (Å²) in [4.78, 5) is -0.0160. The van der Waals surface area contributed by atoms with Gasteiger partial charge in [-0.2, -0.15) is 13.5 Å². The summed E-state index contributed by atoms with van der Waals surface area (Å²) in [6.45, 7) is 1.84. The van der Waals surface area contributed by atoms with Gasteiger partial charge in [-0.05, 0) is 36.8 Å². The van der Waals surface area contributed by atoms with E-state index in [1.807, 2.05) is 12.4 Å². The van der Waals surface area contributed by atoms with E-state index in [1.165, 1.54) is 18.3 Å². The maximum absolute atomic E-state index is 12.0. The zero-order valence-corrected chi connectivity index (χ0v) is 15.3. The molecule has 0 spiro atoms. The van der Waals surface area contributed by atoms with Gasteiger partial charge in [-0.15, -0.1) is 9.39 Å². The minimum Gasteiger partial charge on any atom is -0.367 e. The first-order valence-corrected chi connectivity index (χ1v) is 9.02. The first-order valence-electron chi connectivity index (χ1n) is 6.85. The summed E-state index contributed by atoms with van der Waals surface area (Å²) in [5, 5.41) is 8.05. The molecule has 0 amide bonds. The molecule has 0 aromatic heterocycles. The van der Waals surface area contributed by atoms with Gasteiger partial charge in [0.05, 0.1) is 21.2 Å². The van der Waals surface area contributed by atoms with E-state index in [-0.39, 0.29) is 10.9 Å². The quantitative estimate of drug-likeness (QED) is 0.455. The van der Waals surface area contributed by atoms with Gasteiger partial charge < -0.3 is 5.73 Å². The number of hydroxylamine groups is 1. The molecule has 0 saturated carbocycles. The van der Waals surface area contributed by atoms with Gasteiger partial charge in [0.1, 0.15) is 0 Å². The predicted octanol–water partition coefficient (Wildman–Crippen LogP) is 2.86. The van der Waals surface area contributed by atoms with Crippen LogP contribution in [0.1, 0.15) is 11.1 Å². The second-order valence-corrected chi connectivity index (χ2v) is 7.22. The van der Waals surface area contributed by atoms with Crippen LogP contribution in [0, 0.1) is 6.92 Å². The number of benzene rings is 2. The van der Waals surface area contributed by atoms with E-state index in [4.69, 9.17) is 28.9 Å². The molecule has 0 radical (unpaired) electrons. The third kappa shape index (κ3) is 5.71. The molecule has 2 rings (SSSR count). The van der Waals surface area contributed by atoms with Crippen LogP contribution in [-0.2, 0) is 14.4 Å². The maximum atomic E-state index is 12.0. The molecule has 2 aromatic rings. The van der Waals surface area contributed by atoms with Crippen LogP contribution in [0.3, 0.4) is 0 Å². The van der Waals surface area contributed by atoms with E-state index in [0.717, 1.165) is 5.56 Å². The molecule has 0 aliphatic heterocycles. The van der Waals surface area contributed by atoms with Crippen LogP contribution in [0.4, 0.5) is 0 Å². The Morgan fingerprint density at radius 3 is 2.48 bits per heavy atom. The monoisotopic (exact) mass is 400 g/mol. The number of rotatable bonds is 5. The molecule has 2 aromatic carbocycles. The average molecular weight is 401 g/mol. The maximum Gasteiger partial charge on any atom is 0.317 e. The third-order valence-corrected chi connectivity index (χ3v) is 4.77.